The fourth-order valence-corrected chi connectivity index (χ4v) is 3.13. The second-order valence-corrected chi connectivity index (χ2v) is 5.69. The van der Waals surface area contributed by atoms with Gasteiger partial charge in [-0.25, -0.2) is 0 Å². The van der Waals surface area contributed by atoms with Gasteiger partial charge in [-0.15, -0.1) is 0 Å². The first kappa shape index (κ1) is 15.2. The number of rotatable bonds is 6. The van der Waals surface area contributed by atoms with E-state index >= 15 is 0 Å². The number of benzene rings is 1. The lowest BCUT2D eigenvalue weighted by Gasteiger charge is -2.27. The van der Waals surface area contributed by atoms with Crippen molar-refractivity contribution in [2.75, 3.05) is 14.2 Å². The van der Waals surface area contributed by atoms with Crippen molar-refractivity contribution < 1.29 is 14.6 Å². The summed E-state index contributed by atoms with van der Waals surface area (Å²) in [5.41, 5.74) is 1.27. The van der Waals surface area contributed by atoms with E-state index in [1.54, 1.807) is 14.2 Å². The molecule has 2 atom stereocenters. The number of ether oxygens (including phenoxy) is 2. The molecule has 1 aliphatic rings. The quantitative estimate of drug-likeness (QED) is 0.864. The molecule has 1 aromatic carbocycles. The maximum atomic E-state index is 9.98. The molecule has 0 bridgehead atoms. The van der Waals surface area contributed by atoms with Gasteiger partial charge in [-0.3, -0.25) is 0 Å². The first-order valence-electron chi connectivity index (χ1n) is 7.63. The normalized spacial score (nSPS) is 22.6. The molecule has 0 saturated heterocycles. The van der Waals surface area contributed by atoms with Crippen molar-refractivity contribution in [2.24, 2.45) is 5.92 Å². The van der Waals surface area contributed by atoms with Crippen LogP contribution in [0, 0.1) is 5.92 Å². The molecule has 1 saturated carbocycles. The van der Waals surface area contributed by atoms with Gasteiger partial charge in [-0.05, 0) is 55.7 Å². The van der Waals surface area contributed by atoms with E-state index in [1.807, 2.05) is 6.07 Å². The Labute approximate surface area is 121 Å². The molecule has 1 aromatic rings. The largest absolute Gasteiger partial charge is 0.493 e. The highest BCUT2D eigenvalue weighted by Gasteiger charge is 2.22. The van der Waals surface area contributed by atoms with Gasteiger partial charge in [0.2, 0.25) is 0 Å². The smallest absolute Gasteiger partial charge is 0.160 e. The molecule has 0 radical (unpaired) electrons. The van der Waals surface area contributed by atoms with Crippen molar-refractivity contribution in [1.29, 1.82) is 0 Å². The maximum Gasteiger partial charge on any atom is 0.160 e. The summed E-state index contributed by atoms with van der Waals surface area (Å²) in [6.07, 6.45) is 7.84. The number of aryl methyl sites for hydroxylation is 1. The SMILES string of the molecule is COc1ccc(CCC[C@H]2CCCC[C@H]2O)cc1OC. The predicted octanol–water partition coefficient (Wildman–Crippen LogP) is 3.58. The molecule has 112 valence electrons. The van der Waals surface area contributed by atoms with Crippen LogP contribution in [0.15, 0.2) is 18.2 Å². The minimum atomic E-state index is -0.0749. The van der Waals surface area contributed by atoms with Crippen LogP contribution in [0.25, 0.3) is 0 Å². The van der Waals surface area contributed by atoms with Crippen molar-refractivity contribution in [1.82, 2.24) is 0 Å². The molecular weight excluding hydrogens is 252 g/mol. The number of aliphatic hydroxyl groups is 1. The van der Waals surface area contributed by atoms with E-state index in [-0.39, 0.29) is 6.10 Å². The van der Waals surface area contributed by atoms with E-state index in [4.69, 9.17) is 9.47 Å². The van der Waals surface area contributed by atoms with E-state index in [2.05, 4.69) is 12.1 Å². The van der Waals surface area contributed by atoms with E-state index < -0.39 is 0 Å². The Kier molecular flexibility index (Phi) is 5.72. The van der Waals surface area contributed by atoms with Gasteiger partial charge in [0.1, 0.15) is 0 Å². The number of methoxy groups -OCH3 is 2. The van der Waals surface area contributed by atoms with E-state index in [0.717, 1.165) is 37.2 Å². The minimum absolute atomic E-state index is 0.0749. The van der Waals surface area contributed by atoms with E-state index in [9.17, 15) is 5.11 Å². The molecule has 3 heteroatoms. The van der Waals surface area contributed by atoms with Crippen molar-refractivity contribution in [2.45, 2.75) is 51.0 Å². The Morgan fingerprint density at radius 3 is 2.55 bits per heavy atom. The first-order chi connectivity index (χ1) is 9.74. The molecule has 0 aliphatic heterocycles. The summed E-state index contributed by atoms with van der Waals surface area (Å²) in [6, 6.07) is 6.11. The Morgan fingerprint density at radius 2 is 1.85 bits per heavy atom. The lowest BCUT2D eigenvalue weighted by atomic mass is 9.83. The fraction of sp³-hybridized carbons (Fsp3) is 0.647. The first-order valence-corrected chi connectivity index (χ1v) is 7.63. The molecule has 0 heterocycles. The van der Waals surface area contributed by atoms with E-state index in [1.165, 1.54) is 24.8 Å². The molecule has 0 aromatic heterocycles. The summed E-state index contributed by atoms with van der Waals surface area (Å²) in [5, 5.41) is 9.98. The third kappa shape index (κ3) is 3.89. The van der Waals surface area contributed by atoms with Crippen LogP contribution in [-0.4, -0.2) is 25.4 Å². The molecule has 0 unspecified atom stereocenters. The average Bonchev–Trinajstić information content (AvgIpc) is 2.49. The summed E-state index contributed by atoms with van der Waals surface area (Å²) in [6.45, 7) is 0. The van der Waals surface area contributed by atoms with Crippen LogP contribution in [-0.2, 0) is 6.42 Å². The van der Waals surface area contributed by atoms with Crippen molar-refractivity contribution >= 4 is 0 Å². The van der Waals surface area contributed by atoms with Gasteiger partial charge >= 0.3 is 0 Å². The van der Waals surface area contributed by atoms with E-state index in [0.29, 0.717) is 5.92 Å². The Hall–Kier alpha value is -1.22. The third-order valence-corrected chi connectivity index (χ3v) is 4.36. The van der Waals surface area contributed by atoms with Crippen LogP contribution >= 0.6 is 0 Å². The molecule has 1 aliphatic carbocycles. The standard InChI is InChI=1S/C17H26O3/c1-19-16-11-10-13(12-17(16)20-2)6-5-8-14-7-3-4-9-15(14)18/h10-12,14-15,18H,3-9H2,1-2H3/t14-,15-/m1/s1. The minimum Gasteiger partial charge on any atom is -0.493 e. The lowest BCUT2D eigenvalue weighted by Crippen LogP contribution is -2.24. The van der Waals surface area contributed by atoms with Gasteiger partial charge in [0.15, 0.2) is 11.5 Å². The van der Waals surface area contributed by atoms with Gasteiger partial charge in [0, 0.05) is 0 Å². The highest BCUT2D eigenvalue weighted by atomic mass is 16.5. The Morgan fingerprint density at radius 1 is 1.10 bits per heavy atom. The highest BCUT2D eigenvalue weighted by Crippen LogP contribution is 2.30. The molecule has 20 heavy (non-hydrogen) atoms. The molecule has 0 spiro atoms. The van der Waals surface area contributed by atoms with Crippen LogP contribution < -0.4 is 9.47 Å². The van der Waals surface area contributed by atoms with Gasteiger partial charge in [-0.2, -0.15) is 0 Å². The van der Waals surface area contributed by atoms with Crippen LogP contribution in [0.5, 0.6) is 11.5 Å². The van der Waals surface area contributed by atoms with Crippen molar-refractivity contribution in [3.8, 4) is 11.5 Å². The number of hydrogen-bond donors (Lipinski definition) is 1. The summed E-state index contributed by atoms with van der Waals surface area (Å²) in [4.78, 5) is 0. The second kappa shape index (κ2) is 7.53. The molecule has 3 nitrogen and oxygen atoms in total. The number of hydrogen-bond acceptors (Lipinski definition) is 3. The zero-order chi connectivity index (χ0) is 14.4. The average molecular weight is 278 g/mol. The molecule has 1 fully saturated rings. The van der Waals surface area contributed by atoms with Gasteiger partial charge in [-0.1, -0.05) is 18.9 Å². The van der Waals surface area contributed by atoms with Crippen LogP contribution in [0.2, 0.25) is 0 Å². The van der Waals surface area contributed by atoms with Crippen molar-refractivity contribution in [3.05, 3.63) is 23.8 Å². The third-order valence-electron chi connectivity index (χ3n) is 4.36. The zero-order valence-corrected chi connectivity index (χ0v) is 12.6. The topological polar surface area (TPSA) is 38.7 Å². The lowest BCUT2D eigenvalue weighted by molar-refractivity contribution is 0.0643. The van der Waals surface area contributed by atoms with Crippen LogP contribution in [0.4, 0.5) is 0 Å². The summed E-state index contributed by atoms with van der Waals surface area (Å²) in [5.74, 6) is 2.07. The van der Waals surface area contributed by atoms with Crippen molar-refractivity contribution in [3.63, 3.8) is 0 Å². The summed E-state index contributed by atoms with van der Waals surface area (Å²) < 4.78 is 10.6. The Balaban J connectivity index is 1.84. The number of aliphatic hydroxyl groups excluding tert-OH is 1. The zero-order valence-electron chi connectivity index (χ0n) is 12.6. The van der Waals surface area contributed by atoms with Gasteiger partial charge in [0.05, 0.1) is 20.3 Å². The molecule has 1 N–H and O–H groups in total. The van der Waals surface area contributed by atoms with Gasteiger partial charge < -0.3 is 14.6 Å². The van der Waals surface area contributed by atoms with Crippen LogP contribution in [0.3, 0.4) is 0 Å². The van der Waals surface area contributed by atoms with Crippen LogP contribution in [0.1, 0.15) is 44.1 Å². The van der Waals surface area contributed by atoms with Gasteiger partial charge in [0.25, 0.3) is 0 Å². The maximum absolute atomic E-state index is 9.98. The highest BCUT2D eigenvalue weighted by molar-refractivity contribution is 5.42. The summed E-state index contributed by atoms with van der Waals surface area (Å²) >= 11 is 0. The summed E-state index contributed by atoms with van der Waals surface area (Å²) in [7, 11) is 3.32. The molecular formula is C17H26O3. The predicted molar refractivity (Wildman–Crippen MR) is 80.4 cm³/mol. The monoisotopic (exact) mass is 278 g/mol. The fourth-order valence-electron chi connectivity index (χ4n) is 3.13. The molecule has 0 amide bonds. The molecule has 2 rings (SSSR count). The second-order valence-electron chi connectivity index (χ2n) is 5.69. The Bertz CT molecular complexity index is 417.